The van der Waals surface area contributed by atoms with Crippen molar-refractivity contribution in [2.45, 2.75) is 19.4 Å². The van der Waals surface area contributed by atoms with E-state index in [1.54, 1.807) is 4.90 Å². The van der Waals surface area contributed by atoms with Gasteiger partial charge in [0, 0.05) is 42.5 Å². The lowest BCUT2D eigenvalue weighted by Crippen LogP contribution is -2.38. The number of nitrogens with zero attached hydrogens (tertiary/aromatic N) is 4. The van der Waals surface area contributed by atoms with E-state index in [9.17, 15) is 13.6 Å². The van der Waals surface area contributed by atoms with E-state index in [1.807, 2.05) is 43.5 Å². The molecule has 0 aliphatic carbocycles. The zero-order valence-electron chi connectivity index (χ0n) is 17.1. The molecule has 160 valence electrons. The van der Waals surface area contributed by atoms with Crippen molar-refractivity contribution in [1.29, 1.82) is 0 Å². The van der Waals surface area contributed by atoms with E-state index >= 15 is 0 Å². The lowest BCUT2D eigenvalue weighted by molar-refractivity contribution is 0.0723. The van der Waals surface area contributed by atoms with Crippen molar-refractivity contribution in [2.24, 2.45) is 0 Å². The fraction of sp³-hybridized carbons (Fsp3) is 0.167. The highest BCUT2D eigenvalue weighted by molar-refractivity contribution is 7.16. The molecule has 0 saturated carbocycles. The summed E-state index contributed by atoms with van der Waals surface area (Å²) >= 11 is 1.000. The second-order valence-corrected chi connectivity index (χ2v) is 8.68. The molecular weight excluding hydrogens is 430 g/mol. The average molecular weight is 448 g/mol. The van der Waals surface area contributed by atoms with Crippen LogP contribution in [0, 0.1) is 18.6 Å². The SMILES string of the molecule is Cc1ccc(C2CN(C(=O)c3nnc(-c4ccc(F)cc4F)s3)Cc3ccccc32)cn1. The summed E-state index contributed by atoms with van der Waals surface area (Å²) in [6.07, 6.45) is 1.85. The van der Waals surface area contributed by atoms with Crippen molar-refractivity contribution in [1.82, 2.24) is 20.1 Å². The molecule has 0 saturated heterocycles. The normalized spacial score (nSPS) is 15.5. The lowest BCUT2D eigenvalue weighted by atomic mass is 9.85. The van der Waals surface area contributed by atoms with Gasteiger partial charge in [0.1, 0.15) is 11.6 Å². The van der Waals surface area contributed by atoms with E-state index < -0.39 is 11.6 Å². The fourth-order valence-electron chi connectivity index (χ4n) is 3.95. The Balaban J connectivity index is 1.45. The number of hydrogen-bond donors (Lipinski definition) is 0. The first-order chi connectivity index (χ1) is 15.5. The summed E-state index contributed by atoms with van der Waals surface area (Å²) in [5, 5.41) is 8.38. The third-order valence-corrected chi connectivity index (χ3v) is 6.53. The number of aryl methyl sites for hydroxylation is 1. The Bertz CT molecular complexity index is 1310. The highest BCUT2D eigenvalue weighted by atomic mass is 32.1. The van der Waals surface area contributed by atoms with Crippen LogP contribution in [0.2, 0.25) is 0 Å². The number of halogens is 2. The average Bonchev–Trinajstić information content (AvgIpc) is 3.28. The molecule has 0 bridgehead atoms. The van der Waals surface area contributed by atoms with E-state index in [0.29, 0.717) is 13.1 Å². The first kappa shape index (κ1) is 20.4. The molecule has 2 aromatic heterocycles. The molecule has 0 spiro atoms. The Kier molecular flexibility index (Phi) is 5.22. The maximum absolute atomic E-state index is 14.1. The van der Waals surface area contributed by atoms with Crippen molar-refractivity contribution >= 4 is 17.2 Å². The van der Waals surface area contributed by atoms with Crippen LogP contribution in [0.25, 0.3) is 10.6 Å². The summed E-state index contributed by atoms with van der Waals surface area (Å²) in [7, 11) is 0. The smallest absolute Gasteiger partial charge is 0.285 e. The van der Waals surface area contributed by atoms with Crippen LogP contribution in [0.3, 0.4) is 0 Å². The van der Waals surface area contributed by atoms with Crippen molar-refractivity contribution in [3.63, 3.8) is 0 Å². The van der Waals surface area contributed by atoms with Crippen molar-refractivity contribution < 1.29 is 13.6 Å². The molecule has 1 amide bonds. The molecule has 1 aliphatic heterocycles. The Morgan fingerprint density at radius 3 is 2.72 bits per heavy atom. The molecule has 1 atom stereocenters. The van der Waals surface area contributed by atoms with Gasteiger partial charge in [-0.05, 0) is 41.8 Å². The van der Waals surface area contributed by atoms with E-state index in [2.05, 4.69) is 21.2 Å². The number of hydrogen-bond acceptors (Lipinski definition) is 5. The number of amides is 1. The van der Waals surface area contributed by atoms with Gasteiger partial charge in [-0.15, -0.1) is 10.2 Å². The Morgan fingerprint density at radius 2 is 1.94 bits per heavy atom. The Hall–Kier alpha value is -3.52. The minimum absolute atomic E-state index is 0.0149. The quantitative estimate of drug-likeness (QED) is 0.444. The Morgan fingerprint density at radius 1 is 1.09 bits per heavy atom. The summed E-state index contributed by atoms with van der Waals surface area (Å²) in [5.74, 6) is -1.69. The van der Waals surface area contributed by atoms with Crippen LogP contribution in [0.5, 0.6) is 0 Å². The van der Waals surface area contributed by atoms with Crippen LogP contribution in [-0.4, -0.2) is 32.5 Å². The number of pyridine rings is 1. The monoisotopic (exact) mass is 448 g/mol. The van der Waals surface area contributed by atoms with Gasteiger partial charge >= 0.3 is 0 Å². The van der Waals surface area contributed by atoms with Gasteiger partial charge in [0.25, 0.3) is 5.91 Å². The van der Waals surface area contributed by atoms with E-state index in [-0.39, 0.29) is 27.4 Å². The zero-order valence-corrected chi connectivity index (χ0v) is 17.9. The van der Waals surface area contributed by atoms with E-state index in [0.717, 1.165) is 40.3 Å². The van der Waals surface area contributed by atoms with Crippen LogP contribution in [0.4, 0.5) is 8.78 Å². The molecule has 8 heteroatoms. The number of fused-ring (bicyclic) bond motifs is 1. The third-order valence-electron chi connectivity index (χ3n) is 5.59. The second kappa shape index (κ2) is 8.20. The standard InChI is InChI=1S/C24H18F2N4OS/c1-14-6-7-15(11-27-14)20-13-30(12-16-4-2-3-5-18(16)20)24(31)23-29-28-22(32-23)19-9-8-17(25)10-21(19)26/h2-11,20H,12-13H2,1H3. The number of carbonyl (C=O) groups excluding carboxylic acids is 1. The molecule has 2 aromatic carbocycles. The van der Waals surface area contributed by atoms with Crippen LogP contribution in [0.15, 0.2) is 60.8 Å². The van der Waals surface area contributed by atoms with E-state index in [1.165, 1.54) is 11.6 Å². The van der Waals surface area contributed by atoms with Gasteiger partial charge in [0.2, 0.25) is 5.01 Å². The van der Waals surface area contributed by atoms with Crippen molar-refractivity contribution in [3.05, 3.63) is 99.8 Å². The van der Waals surface area contributed by atoms with Gasteiger partial charge in [-0.25, -0.2) is 8.78 Å². The predicted molar refractivity (Wildman–Crippen MR) is 117 cm³/mol. The summed E-state index contributed by atoms with van der Waals surface area (Å²) in [6, 6.07) is 15.3. The minimum Gasteiger partial charge on any atom is -0.331 e. The summed E-state index contributed by atoms with van der Waals surface area (Å²) < 4.78 is 27.4. The summed E-state index contributed by atoms with van der Waals surface area (Å²) in [5.41, 5.74) is 4.32. The summed E-state index contributed by atoms with van der Waals surface area (Å²) in [4.78, 5) is 19.4. The minimum atomic E-state index is -0.737. The first-order valence-corrected chi connectivity index (χ1v) is 10.9. The number of carbonyl (C=O) groups is 1. The van der Waals surface area contributed by atoms with Crippen LogP contribution in [0.1, 0.15) is 38.1 Å². The maximum atomic E-state index is 14.1. The molecule has 1 unspecified atom stereocenters. The predicted octanol–water partition coefficient (Wildman–Crippen LogP) is 4.97. The molecule has 5 nitrogen and oxygen atoms in total. The molecule has 0 fully saturated rings. The van der Waals surface area contributed by atoms with Crippen molar-refractivity contribution in [3.8, 4) is 10.6 Å². The van der Waals surface area contributed by atoms with Gasteiger partial charge in [-0.3, -0.25) is 9.78 Å². The molecule has 32 heavy (non-hydrogen) atoms. The maximum Gasteiger partial charge on any atom is 0.285 e. The van der Waals surface area contributed by atoms with Gasteiger partial charge in [0.15, 0.2) is 5.01 Å². The number of rotatable bonds is 3. The fourth-order valence-corrected chi connectivity index (χ4v) is 4.79. The lowest BCUT2D eigenvalue weighted by Gasteiger charge is -2.34. The number of aromatic nitrogens is 3. The molecule has 5 rings (SSSR count). The van der Waals surface area contributed by atoms with Gasteiger partial charge < -0.3 is 4.90 Å². The summed E-state index contributed by atoms with van der Waals surface area (Å²) in [6.45, 7) is 2.86. The highest BCUT2D eigenvalue weighted by Crippen LogP contribution is 2.35. The van der Waals surface area contributed by atoms with Gasteiger partial charge in [0.05, 0.1) is 0 Å². The second-order valence-electron chi connectivity index (χ2n) is 7.71. The number of benzene rings is 2. The van der Waals surface area contributed by atoms with Crippen LogP contribution >= 0.6 is 11.3 Å². The topological polar surface area (TPSA) is 59.0 Å². The molecular formula is C24H18F2N4OS. The van der Waals surface area contributed by atoms with Crippen LogP contribution in [-0.2, 0) is 6.54 Å². The third kappa shape index (κ3) is 3.78. The Labute approximate surface area is 187 Å². The van der Waals surface area contributed by atoms with Crippen molar-refractivity contribution in [2.75, 3.05) is 6.54 Å². The van der Waals surface area contributed by atoms with Gasteiger partial charge in [-0.2, -0.15) is 0 Å². The van der Waals surface area contributed by atoms with Gasteiger partial charge in [-0.1, -0.05) is 41.7 Å². The highest BCUT2D eigenvalue weighted by Gasteiger charge is 2.31. The molecule has 4 aromatic rings. The van der Waals surface area contributed by atoms with Crippen LogP contribution < -0.4 is 0 Å². The molecule has 0 radical (unpaired) electrons. The zero-order chi connectivity index (χ0) is 22.2. The molecule has 1 aliphatic rings. The molecule has 3 heterocycles. The largest absolute Gasteiger partial charge is 0.331 e. The van der Waals surface area contributed by atoms with E-state index in [4.69, 9.17) is 0 Å². The first-order valence-electron chi connectivity index (χ1n) is 10.1. The molecule has 0 N–H and O–H groups in total.